The van der Waals surface area contributed by atoms with Crippen molar-refractivity contribution < 1.29 is 17.6 Å². The van der Waals surface area contributed by atoms with Crippen LogP contribution in [-0.4, -0.2) is 33.1 Å². The van der Waals surface area contributed by atoms with E-state index >= 15 is 0 Å². The summed E-state index contributed by atoms with van der Waals surface area (Å²) in [5, 5.41) is 17.7. The van der Waals surface area contributed by atoms with Gasteiger partial charge in [0, 0.05) is 10.0 Å². The molecule has 0 fully saturated rings. The van der Waals surface area contributed by atoms with Gasteiger partial charge in [-0.15, -0.1) is 20.4 Å². The lowest BCUT2D eigenvalue weighted by atomic mass is 10.2. The molecule has 1 aromatic carbocycles. The van der Waals surface area contributed by atoms with E-state index in [-0.39, 0.29) is 5.13 Å². The molecule has 132 valence electrons. The van der Waals surface area contributed by atoms with Gasteiger partial charge in [-0.05, 0) is 24.3 Å². The highest BCUT2D eigenvalue weighted by atomic mass is 79.9. The van der Waals surface area contributed by atoms with E-state index < -0.39 is 12.7 Å². The Balaban J connectivity index is 1.56. The minimum atomic E-state index is -4.30. The number of benzene rings is 1. The number of nitrogens with one attached hydrogen (secondary N) is 1. The van der Waals surface area contributed by atoms with Crippen molar-refractivity contribution >= 4 is 44.2 Å². The molecule has 0 bridgehead atoms. The Hall–Kier alpha value is -1.66. The van der Waals surface area contributed by atoms with Crippen LogP contribution in [0.1, 0.15) is 5.89 Å². The monoisotopic (exact) mass is 451 g/mol. The molecule has 3 aromatic rings. The molecule has 25 heavy (non-hydrogen) atoms. The summed E-state index contributed by atoms with van der Waals surface area (Å²) in [6, 6.07) is 7.42. The van der Waals surface area contributed by atoms with E-state index in [9.17, 15) is 13.2 Å². The van der Waals surface area contributed by atoms with Gasteiger partial charge >= 0.3 is 6.18 Å². The Morgan fingerprint density at radius 3 is 2.60 bits per heavy atom. The molecule has 0 saturated carbocycles. The van der Waals surface area contributed by atoms with Crippen molar-refractivity contribution in [1.29, 1.82) is 0 Å². The molecule has 6 nitrogen and oxygen atoms in total. The van der Waals surface area contributed by atoms with Crippen LogP contribution in [-0.2, 0) is 5.75 Å². The van der Waals surface area contributed by atoms with Crippen molar-refractivity contribution in [1.82, 2.24) is 20.4 Å². The van der Waals surface area contributed by atoms with E-state index in [1.165, 1.54) is 11.8 Å². The highest BCUT2D eigenvalue weighted by Gasteiger charge is 2.27. The predicted octanol–water partition coefficient (Wildman–Crippen LogP) is 4.62. The van der Waals surface area contributed by atoms with Crippen molar-refractivity contribution in [3.05, 3.63) is 34.6 Å². The first-order valence-electron chi connectivity index (χ1n) is 6.74. The Bertz CT molecular complexity index is 837. The van der Waals surface area contributed by atoms with E-state index in [4.69, 9.17) is 4.42 Å². The van der Waals surface area contributed by atoms with Crippen LogP contribution in [0.5, 0.6) is 0 Å². The van der Waals surface area contributed by atoms with Crippen molar-refractivity contribution in [2.45, 2.75) is 16.3 Å². The second-order valence-corrected chi connectivity index (χ2v) is 7.75. The van der Waals surface area contributed by atoms with Gasteiger partial charge < -0.3 is 9.73 Å². The molecule has 0 spiro atoms. The van der Waals surface area contributed by atoms with Crippen molar-refractivity contribution in [3.63, 3.8) is 0 Å². The van der Waals surface area contributed by atoms with Crippen LogP contribution in [0.3, 0.4) is 0 Å². The molecule has 0 aliphatic carbocycles. The summed E-state index contributed by atoms with van der Waals surface area (Å²) < 4.78 is 43.4. The van der Waals surface area contributed by atoms with Gasteiger partial charge in [0.2, 0.25) is 16.9 Å². The minimum absolute atomic E-state index is 0.112. The van der Waals surface area contributed by atoms with Gasteiger partial charge in [0.05, 0.1) is 5.75 Å². The molecular weight excluding hydrogens is 443 g/mol. The summed E-state index contributed by atoms with van der Waals surface area (Å²) in [4.78, 5) is 0. The third-order valence-corrected chi connectivity index (χ3v) is 5.25. The van der Waals surface area contributed by atoms with E-state index in [0.29, 0.717) is 21.9 Å². The Morgan fingerprint density at radius 2 is 1.88 bits per heavy atom. The van der Waals surface area contributed by atoms with Crippen LogP contribution in [0.15, 0.2) is 37.5 Å². The number of hydrogen-bond donors (Lipinski definition) is 1. The summed E-state index contributed by atoms with van der Waals surface area (Å²) >= 11 is 5.64. The van der Waals surface area contributed by atoms with Crippen molar-refractivity contribution in [2.24, 2.45) is 0 Å². The van der Waals surface area contributed by atoms with Gasteiger partial charge in [-0.3, -0.25) is 0 Å². The number of nitrogens with zero attached hydrogens (tertiary/aromatic N) is 4. The predicted molar refractivity (Wildman–Crippen MR) is 91.4 cm³/mol. The zero-order valence-corrected chi connectivity index (χ0v) is 15.5. The van der Waals surface area contributed by atoms with Crippen LogP contribution in [0.2, 0.25) is 0 Å². The maximum Gasteiger partial charge on any atom is 0.405 e. The lowest BCUT2D eigenvalue weighted by Gasteiger charge is -2.05. The Labute approximate surface area is 156 Å². The van der Waals surface area contributed by atoms with E-state index in [2.05, 4.69) is 41.6 Å². The number of hydrogen-bond acceptors (Lipinski definition) is 8. The molecule has 2 heterocycles. The molecule has 0 aliphatic rings. The third kappa shape index (κ3) is 5.41. The largest absolute Gasteiger partial charge is 0.420 e. The smallest absolute Gasteiger partial charge is 0.405 e. The maximum atomic E-state index is 12.1. The van der Waals surface area contributed by atoms with E-state index in [0.717, 1.165) is 21.4 Å². The number of anilines is 1. The normalized spacial score (nSPS) is 11.7. The first-order valence-corrected chi connectivity index (χ1v) is 9.34. The molecule has 2 aromatic heterocycles. The zero-order valence-electron chi connectivity index (χ0n) is 12.2. The topological polar surface area (TPSA) is 76.7 Å². The standard InChI is InChI=1S/C13H9BrF3N5OS2/c14-8-3-1-7(2-4-8)10-20-19-9(23-10)5-24-12-22-21-11(25-12)18-6-13(15,16)17/h1-4H,5-6H2,(H,18,21). The highest BCUT2D eigenvalue weighted by molar-refractivity contribution is 9.10. The minimum Gasteiger partial charge on any atom is -0.420 e. The molecule has 3 rings (SSSR count). The lowest BCUT2D eigenvalue weighted by molar-refractivity contribution is -0.115. The fourth-order valence-corrected chi connectivity index (χ4v) is 3.51. The van der Waals surface area contributed by atoms with Crippen LogP contribution < -0.4 is 5.32 Å². The highest BCUT2D eigenvalue weighted by Crippen LogP contribution is 2.29. The molecular formula is C13H9BrF3N5OS2. The number of aromatic nitrogens is 4. The summed E-state index contributed by atoms with van der Waals surface area (Å²) in [5.41, 5.74) is 0.793. The number of alkyl halides is 3. The summed E-state index contributed by atoms with van der Waals surface area (Å²) in [6.07, 6.45) is -4.30. The average Bonchev–Trinajstić information content (AvgIpc) is 3.20. The van der Waals surface area contributed by atoms with Gasteiger partial charge in [0.1, 0.15) is 6.54 Å². The molecule has 0 aliphatic heterocycles. The molecule has 0 radical (unpaired) electrons. The van der Waals surface area contributed by atoms with Gasteiger partial charge in [-0.25, -0.2) is 0 Å². The van der Waals surface area contributed by atoms with Gasteiger partial charge in [0.25, 0.3) is 0 Å². The van der Waals surface area contributed by atoms with Crippen molar-refractivity contribution in [2.75, 3.05) is 11.9 Å². The quantitative estimate of drug-likeness (QED) is 0.547. The second-order valence-electron chi connectivity index (χ2n) is 4.64. The lowest BCUT2D eigenvalue weighted by Crippen LogP contribution is -2.21. The summed E-state index contributed by atoms with van der Waals surface area (Å²) in [7, 11) is 0. The number of thioether (sulfide) groups is 1. The molecule has 1 N–H and O–H groups in total. The van der Waals surface area contributed by atoms with Gasteiger partial charge in [0.15, 0.2) is 4.34 Å². The fraction of sp³-hybridized carbons (Fsp3) is 0.231. The zero-order chi connectivity index (χ0) is 17.9. The van der Waals surface area contributed by atoms with E-state index in [1.54, 1.807) is 0 Å². The SMILES string of the molecule is FC(F)(F)CNc1nnc(SCc2nnc(-c3ccc(Br)cc3)o2)s1. The van der Waals surface area contributed by atoms with Crippen molar-refractivity contribution in [3.8, 4) is 11.5 Å². The van der Waals surface area contributed by atoms with Gasteiger partial charge in [-0.1, -0.05) is 39.0 Å². The first-order chi connectivity index (χ1) is 11.9. The Morgan fingerprint density at radius 1 is 1.12 bits per heavy atom. The van der Waals surface area contributed by atoms with Crippen LogP contribution in [0.25, 0.3) is 11.5 Å². The molecule has 0 saturated heterocycles. The maximum absolute atomic E-state index is 12.1. The number of halogens is 4. The second kappa shape index (κ2) is 7.70. The molecule has 12 heteroatoms. The number of rotatable bonds is 6. The third-order valence-electron chi connectivity index (χ3n) is 2.72. The molecule has 0 unspecified atom stereocenters. The summed E-state index contributed by atoms with van der Waals surface area (Å²) in [5.74, 6) is 1.13. The van der Waals surface area contributed by atoms with Crippen LogP contribution in [0.4, 0.5) is 18.3 Å². The summed E-state index contributed by atoms with van der Waals surface area (Å²) in [6.45, 7) is -1.15. The van der Waals surface area contributed by atoms with Crippen LogP contribution >= 0.6 is 39.0 Å². The van der Waals surface area contributed by atoms with E-state index in [1.807, 2.05) is 24.3 Å². The molecule has 0 atom stereocenters. The average molecular weight is 452 g/mol. The fourth-order valence-electron chi connectivity index (χ4n) is 1.66. The first kappa shape index (κ1) is 18.1. The Kier molecular flexibility index (Phi) is 5.59. The molecule has 0 amide bonds. The van der Waals surface area contributed by atoms with Gasteiger partial charge in [-0.2, -0.15) is 13.2 Å². The van der Waals surface area contributed by atoms with Crippen LogP contribution in [0, 0.1) is 0 Å².